The van der Waals surface area contributed by atoms with Gasteiger partial charge in [-0.25, -0.2) is 0 Å². The number of nitrogens with one attached hydrogen (secondary N) is 1. The van der Waals surface area contributed by atoms with Gasteiger partial charge in [-0.05, 0) is 65.5 Å². The maximum atomic E-state index is 13.1. The predicted molar refractivity (Wildman–Crippen MR) is 122 cm³/mol. The van der Waals surface area contributed by atoms with Crippen LogP contribution in [0, 0.1) is 0 Å². The van der Waals surface area contributed by atoms with Crippen molar-refractivity contribution >= 4 is 22.6 Å². The Balaban J connectivity index is 1.91. The molecule has 0 bridgehead atoms. The largest absolute Gasteiger partial charge is 0.497 e. The smallest absolute Gasteiger partial charge is 0.431 e. The third-order valence-electron chi connectivity index (χ3n) is 5.88. The summed E-state index contributed by atoms with van der Waals surface area (Å²) >= 11 is 1.68. The zero-order valence-corrected chi connectivity index (χ0v) is 19.3. The normalized spacial score (nSPS) is 19.5. The number of unbranched alkanes of at least 4 members (excludes halogenated alkanes) is 3. The summed E-state index contributed by atoms with van der Waals surface area (Å²) in [5.41, 5.74) is 6.31. The molecule has 1 unspecified atom stereocenters. The van der Waals surface area contributed by atoms with Gasteiger partial charge in [0.05, 0.1) is 13.2 Å². The minimum atomic E-state index is -4.40. The Labute approximate surface area is 186 Å². The van der Waals surface area contributed by atoms with E-state index in [-0.39, 0.29) is 6.42 Å². The van der Waals surface area contributed by atoms with E-state index in [1.54, 1.807) is 18.4 Å². The van der Waals surface area contributed by atoms with Crippen molar-refractivity contribution in [2.24, 2.45) is 5.10 Å². The number of ether oxygens (including phenoxy) is 1. The first-order chi connectivity index (χ1) is 14.9. The van der Waals surface area contributed by atoms with Crippen LogP contribution in [0.5, 0.6) is 0 Å². The lowest BCUT2D eigenvalue weighted by atomic mass is 9.93. The molecule has 1 aliphatic heterocycles. The standard InChI is InChI=1S/C24H31F3N2OS/c1-4-6-7-8-9-17-10-11-31-23(17)19-13-18(12-16(5-2)21(14-19)30-3)20-15-22(29-28-20)24(25,26)27/h10-11,13-14,20,28H,4-9,12,15H2,1-3H3. The Kier molecular flexibility index (Phi) is 8.03. The van der Waals surface area contributed by atoms with Gasteiger partial charge in [-0.1, -0.05) is 39.2 Å². The number of hydrogen-bond donors (Lipinski definition) is 1. The number of alkyl halides is 3. The Morgan fingerprint density at radius 3 is 2.65 bits per heavy atom. The number of methoxy groups -OCH3 is 1. The van der Waals surface area contributed by atoms with E-state index < -0.39 is 17.9 Å². The van der Waals surface area contributed by atoms with Crippen molar-refractivity contribution < 1.29 is 17.9 Å². The fraction of sp³-hybridized carbons (Fsp3) is 0.542. The molecule has 0 radical (unpaired) electrons. The highest BCUT2D eigenvalue weighted by atomic mass is 32.1. The molecular formula is C24H31F3N2OS. The minimum Gasteiger partial charge on any atom is -0.497 e. The molecule has 170 valence electrons. The molecule has 0 saturated heterocycles. The van der Waals surface area contributed by atoms with Crippen LogP contribution >= 0.6 is 11.3 Å². The molecule has 1 aromatic rings. The highest BCUT2D eigenvalue weighted by molar-refractivity contribution is 7.11. The van der Waals surface area contributed by atoms with Gasteiger partial charge in [-0.2, -0.15) is 18.3 Å². The van der Waals surface area contributed by atoms with Crippen molar-refractivity contribution in [3.05, 3.63) is 50.9 Å². The molecule has 1 aromatic heterocycles. The van der Waals surface area contributed by atoms with E-state index in [4.69, 9.17) is 4.74 Å². The van der Waals surface area contributed by atoms with Crippen LogP contribution in [0.3, 0.4) is 0 Å². The molecule has 1 N–H and O–H groups in total. The second-order valence-corrected chi connectivity index (χ2v) is 8.96. The van der Waals surface area contributed by atoms with Crippen LogP contribution < -0.4 is 5.43 Å². The first-order valence-corrected chi connectivity index (χ1v) is 11.9. The van der Waals surface area contributed by atoms with Crippen molar-refractivity contribution in [2.75, 3.05) is 7.11 Å². The van der Waals surface area contributed by atoms with E-state index >= 15 is 0 Å². The first-order valence-electron chi connectivity index (χ1n) is 11.0. The van der Waals surface area contributed by atoms with E-state index in [0.29, 0.717) is 6.42 Å². The topological polar surface area (TPSA) is 33.6 Å². The fourth-order valence-corrected chi connectivity index (χ4v) is 5.03. The first kappa shape index (κ1) is 23.6. The molecule has 0 spiro atoms. The lowest BCUT2D eigenvalue weighted by Crippen LogP contribution is -2.26. The van der Waals surface area contributed by atoms with Gasteiger partial charge in [0.1, 0.15) is 11.5 Å². The number of rotatable bonds is 9. The van der Waals surface area contributed by atoms with Gasteiger partial charge < -0.3 is 10.2 Å². The lowest BCUT2D eigenvalue weighted by molar-refractivity contribution is -0.0599. The predicted octanol–water partition coefficient (Wildman–Crippen LogP) is 7.18. The van der Waals surface area contributed by atoms with Gasteiger partial charge in [0.15, 0.2) is 0 Å². The second kappa shape index (κ2) is 10.5. The second-order valence-electron chi connectivity index (χ2n) is 8.05. The minimum absolute atomic E-state index is 0.143. The number of nitrogens with zero attached hydrogens (tertiary/aromatic N) is 1. The van der Waals surface area contributed by atoms with E-state index in [1.807, 2.05) is 6.08 Å². The van der Waals surface area contributed by atoms with Gasteiger partial charge >= 0.3 is 6.18 Å². The lowest BCUT2D eigenvalue weighted by Gasteiger charge is -2.17. The van der Waals surface area contributed by atoms with Crippen molar-refractivity contribution in [3.63, 3.8) is 0 Å². The quantitative estimate of drug-likeness (QED) is 0.403. The number of aryl methyl sites for hydroxylation is 1. The molecule has 31 heavy (non-hydrogen) atoms. The van der Waals surface area contributed by atoms with Gasteiger partial charge in [-0.3, -0.25) is 0 Å². The van der Waals surface area contributed by atoms with Crippen molar-refractivity contribution in [1.82, 2.24) is 5.43 Å². The van der Waals surface area contributed by atoms with E-state index in [9.17, 15) is 13.2 Å². The van der Waals surface area contributed by atoms with Crippen LogP contribution in [0.2, 0.25) is 0 Å². The van der Waals surface area contributed by atoms with Gasteiger partial charge in [0.25, 0.3) is 0 Å². The van der Waals surface area contributed by atoms with Gasteiger partial charge in [0, 0.05) is 11.3 Å². The average Bonchev–Trinajstić information content (AvgIpc) is 3.38. The molecule has 1 aliphatic carbocycles. The molecule has 0 aromatic carbocycles. The monoisotopic (exact) mass is 452 g/mol. The van der Waals surface area contributed by atoms with Crippen molar-refractivity contribution in [3.8, 4) is 0 Å². The Bertz CT molecular complexity index is 893. The maximum Gasteiger partial charge on any atom is 0.431 e. The van der Waals surface area contributed by atoms with Crippen molar-refractivity contribution in [2.45, 2.75) is 77.4 Å². The molecule has 0 saturated carbocycles. The Morgan fingerprint density at radius 1 is 1.19 bits per heavy atom. The third kappa shape index (κ3) is 5.82. The summed E-state index contributed by atoms with van der Waals surface area (Å²) in [5, 5.41) is 5.68. The third-order valence-corrected chi connectivity index (χ3v) is 6.88. The summed E-state index contributed by atoms with van der Waals surface area (Å²) in [6.07, 6.45) is 6.71. The number of thiophene rings is 1. The molecule has 1 atom stereocenters. The van der Waals surface area contributed by atoms with Crippen LogP contribution in [0.1, 0.15) is 69.2 Å². The van der Waals surface area contributed by atoms with Crippen LogP contribution in [-0.4, -0.2) is 25.0 Å². The molecule has 0 amide bonds. The summed E-state index contributed by atoms with van der Waals surface area (Å²) in [4.78, 5) is 1.18. The number of halogens is 3. The SMILES string of the molecule is CCCCCCc1ccsc1C1=CC(OC)=C(CC)CC(C2CC(C(F)(F)F)=NN2)=C1. The molecule has 3 nitrogen and oxygen atoms in total. The molecular weight excluding hydrogens is 421 g/mol. The zero-order valence-electron chi connectivity index (χ0n) is 18.4. The summed E-state index contributed by atoms with van der Waals surface area (Å²) < 4.78 is 45.1. The van der Waals surface area contributed by atoms with Gasteiger partial charge in [-0.15, -0.1) is 11.3 Å². The molecule has 7 heteroatoms. The molecule has 2 heterocycles. The number of hydrogen-bond acceptors (Lipinski definition) is 4. The summed E-state index contributed by atoms with van der Waals surface area (Å²) in [5.74, 6) is 0.809. The van der Waals surface area contributed by atoms with Crippen LogP contribution in [0.15, 0.2) is 45.6 Å². The Morgan fingerprint density at radius 2 is 2.00 bits per heavy atom. The Hall–Kier alpha value is -2.02. The maximum absolute atomic E-state index is 13.1. The number of allylic oxidation sites excluding steroid dienone is 4. The average molecular weight is 453 g/mol. The van der Waals surface area contributed by atoms with Crippen LogP contribution in [-0.2, 0) is 11.2 Å². The summed E-state index contributed by atoms with van der Waals surface area (Å²) in [6.45, 7) is 4.25. The molecule has 0 fully saturated rings. The van der Waals surface area contributed by atoms with E-state index in [2.05, 4.69) is 41.9 Å². The summed E-state index contributed by atoms with van der Waals surface area (Å²) in [7, 11) is 1.66. The van der Waals surface area contributed by atoms with E-state index in [1.165, 1.54) is 29.7 Å². The fourth-order valence-electron chi connectivity index (χ4n) is 4.09. The molecule has 2 aliphatic rings. The highest BCUT2D eigenvalue weighted by Gasteiger charge is 2.41. The van der Waals surface area contributed by atoms with E-state index in [0.717, 1.165) is 41.7 Å². The summed E-state index contributed by atoms with van der Waals surface area (Å²) in [6, 6.07) is 1.71. The van der Waals surface area contributed by atoms with Gasteiger partial charge in [0.2, 0.25) is 0 Å². The van der Waals surface area contributed by atoms with Crippen molar-refractivity contribution in [1.29, 1.82) is 0 Å². The van der Waals surface area contributed by atoms with Crippen LogP contribution in [0.4, 0.5) is 13.2 Å². The molecule has 3 rings (SSSR count). The number of hydrazone groups is 1. The zero-order chi connectivity index (χ0) is 22.4. The van der Waals surface area contributed by atoms with Crippen LogP contribution in [0.25, 0.3) is 5.57 Å². The highest BCUT2D eigenvalue weighted by Crippen LogP contribution is 2.37.